The molecule has 152 valence electrons. The van der Waals surface area contributed by atoms with Crippen LogP contribution in [-0.4, -0.2) is 46.3 Å². The van der Waals surface area contributed by atoms with Crippen LogP contribution in [0.1, 0.15) is 23.1 Å². The summed E-state index contributed by atoms with van der Waals surface area (Å²) >= 11 is 1.20. The number of hydrogen-bond donors (Lipinski definition) is 1. The van der Waals surface area contributed by atoms with Gasteiger partial charge >= 0.3 is 0 Å². The van der Waals surface area contributed by atoms with Crippen LogP contribution in [-0.2, 0) is 24.4 Å². The van der Waals surface area contributed by atoms with Gasteiger partial charge in [0.05, 0.1) is 23.3 Å². The van der Waals surface area contributed by atoms with Crippen molar-refractivity contribution >= 4 is 17.9 Å². The minimum Gasteiger partial charge on any atom is -0.377 e. The maximum absolute atomic E-state index is 13.8. The molecule has 0 aliphatic carbocycles. The van der Waals surface area contributed by atoms with Crippen LogP contribution in [0.3, 0.4) is 0 Å². The van der Waals surface area contributed by atoms with Crippen molar-refractivity contribution in [3.05, 3.63) is 59.7 Å². The van der Waals surface area contributed by atoms with Crippen LogP contribution < -0.4 is 0 Å². The molecule has 0 radical (unpaired) electrons. The molecule has 4 heterocycles. The zero-order valence-electron chi connectivity index (χ0n) is 14.8. The van der Waals surface area contributed by atoms with Gasteiger partial charge in [-0.2, -0.15) is 10.2 Å². The lowest BCUT2D eigenvalue weighted by molar-refractivity contribution is -0.141. The Morgan fingerprint density at radius 3 is 2.86 bits per heavy atom. The monoisotopic (exact) mass is 424 g/mol. The highest BCUT2D eigenvalue weighted by Gasteiger charge is 2.32. The largest absolute Gasteiger partial charge is 0.377 e. The summed E-state index contributed by atoms with van der Waals surface area (Å²) in [6.45, 7) is -0.102. The lowest BCUT2D eigenvalue weighted by atomic mass is 10.2. The van der Waals surface area contributed by atoms with Gasteiger partial charge in [0, 0.05) is 42.6 Å². The first-order valence-corrected chi connectivity index (χ1v) is 9.31. The van der Waals surface area contributed by atoms with Crippen LogP contribution in [0.25, 0.3) is 0 Å². The normalized spacial score (nSPS) is 14.4. The van der Waals surface area contributed by atoms with Crippen molar-refractivity contribution in [2.24, 2.45) is 0 Å². The fraction of sp³-hybridized carbons (Fsp3) is 0.294. The van der Waals surface area contributed by atoms with Gasteiger partial charge in [-0.15, -0.1) is 0 Å². The second-order valence-electron chi connectivity index (χ2n) is 6.35. The minimum atomic E-state index is -2.49. The van der Waals surface area contributed by atoms with E-state index in [1.807, 2.05) is 0 Å². The van der Waals surface area contributed by atoms with Gasteiger partial charge < -0.3 is 10.0 Å². The van der Waals surface area contributed by atoms with Gasteiger partial charge in [-0.1, -0.05) is 0 Å². The maximum Gasteiger partial charge on any atom is 0.258 e. The molecule has 4 rings (SSSR count). The van der Waals surface area contributed by atoms with E-state index >= 15 is 0 Å². The SMILES string of the molecule is O=C(C(O)c1ncccc1F)N1Cc2cn(Sc3cnn(CC(F)F)c3)nc2C1. The summed E-state index contributed by atoms with van der Waals surface area (Å²) in [5.74, 6) is -1.41. The fourth-order valence-corrected chi connectivity index (χ4v) is 3.76. The number of pyridine rings is 1. The Morgan fingerprint density at radius 2 is 2.14 bits per heavy atom. The van der Waals surface area contributed by atoms with Crippen molar-refractivity contribution < 1.29 is 23.1 Å². The number of carbonyl (C=O) groups is 1. The number of carbonyl (C=O) groups excluding carboxylic acids is 1. The molecular formula is C17H15F3N6O2S. The molecule has 12 heteroatoms. The van der Waals surface area contributed by atoms with E-state index in [4.69, 9.17) is 0 Å². The number of amides is 1. The predicted molar refractivity (Wildman–Crippen MR) is 95.1 cm³/mol. The van der Waals surface area contributed by atoms with Crippen molar-refractivity contribution in [1.29, 1.82) is 0 Å². The molecule has 3 aromatic heterocycles. The van der Waals surface area contributed by atoms with Crippen molar-refractivity contribution in [3.63, 3.8) is 0 Å². The number of aliphatic hydroxyl groups excluding tert-OH is 1. The summed E-state index contributed by atoms with van der Waals surface area (Å²) in [6, 6.07) is 2.50. The number of nitrogens with zero attached hydrogens (tertiary/aromatic N) is 6. The quantitative estimate of drug-likeness (QED) is 0.651. The van der Waals surface area contributed by atoms with Crippen LogP contribution in [0.15, 0.2) is 41.8 Å². The van der Waals surface area contributed by atoms with Crippen LogP contribution >= 0.6 is 11.9 Å². The van der Waals surface area contributed by atoms with E-state index in [1.54, 1.807) is 10.3 Å². The van der Waals surface area contributed by atoms with Crippen molar-refractivity contribution in [2.45, 2.75) is 37.1 Å². The summed E-state index contributed by atoms with van der Waals surface area (Å²) in [4.78, 5) is 18.2. The van der Waals surface area contributed by atoms with Crippen LogP contribution in [0.2, 0.25) is 0 Å². The molecule has 1 N–H and O–H groups in total. The van der Waals surface area contributed by atoms with E-state index in [0.29, 0.717) is 10.6 Å². The highest BCUT2D eigenvalue weighted by atomic mass is 32.2. The van der Waals surface area contributed by atoms with Crippen molar-refractivity contribution in [2.75, 3.05) is 0 Å². The Labute approximate surface area is 167 Å². The lowest BCUT2D eigenvalue weighted by Crippen LogP contribution is -2.32. The molecule has 1 unspecified atom stereocenters. The van der Waals surface area contributed by atoms with Gasteiger partial charge in [0.1, 0.15) is 18.1 Å². The Balaban J connectivity index is 1.40. The third kappa shape index (κ3) is 4.12. The van der Waals surface area contributed by atoms with Gasteiger partial charge in [-0.05, 0) is 12.1 Å². The second-order valence-corrected chi connectivity index (χ2v) is 7.38. The molecule has 0 bridgehead atoms. The molecule has 0 aromatic carbocycles. The zero-order valence-corrected chi connectivity index (χ0v) is 15.6. The van der Waals surface area contributed by atoms with E-state index in [2.05, 4.69) is 15.2 Å². The number of aliphatic hydroxyl groups is 1. The molecule has 0 fully saturated rings. The molecule has 1 aliphatic rings. The van der Waals surface area contributed by atoms with Crippen molar-refractivity contribution in [1.82, 2.24) is 28.9 Å². The average Bonchev–Trinajstić information content (AvgIpc) is 3.36. The van der Waals surface area contributed by atoms with Gasteiger partial charge in [0.15, 0.2) is 6.10 Å². The Morgan fingerprint density at radius 1 is 1.31 bits per heavy atom. The summed E-state index contributed by atoms with van der Waals surface area (Å²) in [7, 11) is 0. The third-order valence-electron chi connectivity index (χ3n) is 4.28. The summed E-state index contributed by atoms with van der Waals surface area (Å²) in [5, 5.41) is 18.4. The van der Waals surface area contributed by atoms with Crippen LogP contribution in [0.5, 0.6) is 0 Å². The zero-order chi connectivity index (χ0) is 20.5. The van der Waals surface area contributed by atoms with Crippen molar-refractivity contribution in [3.8, 4) is 0 Å². The topological polar surface area (TPSA) is 89.1 Å². The molecule has 8 nitrogen and oxygen atoms in total. The highest BCUT2D eigenvalue weighted by Crippen LogP contribution is 2.28. The molecule has 0 saturated heterocycles. The first-order chi connectivity index (χ1) is 13.9. The summed E-state index contributed by atoms with van der Waals surface area (Å²) in [6.07, 6.45) is 1.80. The highest BCUT2D eigenvalue weighted by molar-refractivity contribution is 7.97. The number of aromatic nitrogens is 5. The Kier molecular flexibility index (Phi) is 5.28. The number of halogens is 3. The molecule has 0 saturated carbocycles. The Hall–Kier alpha value is -2.86. The molecule has 3 aromatic rings. The van der Waals surface area contributed by atoms with E-state index in [-0.39, 0.29) is 18.8 Å². The molecule has 1 amide bonds. The molecule has 29 heavy (non-hydrogen) atoms. The van der Waals surface area contributed by atoms with E-state index < -0.39 is 30.8 Å². The third-order valence-corrected chi connectivity index (χ3v) is 5.08. The molecule has 1 aliphatic heterocycles. The van der Waals surface area contributed by atoms with E-state index in [9.17, 15) is 23.1 Å². The maximum atomic E-state index is 13.8. The number of fused-ring (bicyclic) bond motifs is 1. The minimum absolute atomic E-state index is 0.165. The second kappa shape index (κ2) is 7.87. The summed E-state index contributed by atoms with van der Waals surface area (Å²) in [5.41, 5.74) is 1.10. The molecule has 1 atom stereocenters. The van der Waals surface area contributed by atoms with Gasteiger partial charge in [-0.3, -0.25) is 14.5 Å². The first kappa shape index (κ1) is 19.5. The lowest BCUT2D eigenvalue weighted by Gasteiger charge is -2.19. The van der Waals surface area contributed by atoms with Crippen LogP contribution in [0.4, 0.5) is 13.2 Å². The van der Waals surface area contributed by atoms with Gasteiger partial charge in [-0.25, -0.2) is 17.3 Å². The van der Waals surface area contributed by atoms with E-state index in [1.165, 1.54) is 41.5 Å². The predicted octanol–water partition coefficient (Wildman–Crippen LogP) is 2.01. The number of rotatable bonds is 6. The van der Waals surface area contributed by atoms with Gasteiger partial charge in [0.2, 0.25) is 0 Å². The standard InChI is InChI=1S/C17H15F3N6O2S/c18-12-2-1-3-21-15(12)16(27)17(28)24-5-10-6-26(23-13(10)8-24)29-11-4-22-25(7-11)9-14(19)20/h1-4,6-7,14,16,27H,5,8-9H2. The molecule has 0 spiro atoms. The average molecular weight is 424 g/mol. The molecular weight excluding hydrogens is 409 g/mol. The number of alkyl halides is 2. The fourth-order valence-electron chi connectivity index (χ4n) is 2.96. The first-order valence-electron chi connectivity index (χ1n) is 8.54. The number of hydrogen-bond acceptors (Lipinski definition) is 6. The van der Waals surface area contributed by atoms with Crippen LogP contribution in [0, 0.1) is 5.82 Å². The smallest absolute Gasteiger partial charge is 0.258 e. The Bertz CT molecular complexity index is 1020. The summed E-state index contributed by atoms with van der Waals surface area (Å²) < 4.78 is 41.3. The van der Waals surface area contributed by atoms with Gasteiger partial charge in [0.25, 0.3) is 12.3 Å². The van der Waals surface area contributed by atoms with E-state index in [0.717, 1.165) is 16.3 Å².